The van der Waals surface area contributed by atoms with E-state index in [4.69, 9.17) is 4.52 Å². The van der Waals surface area contributed by atoms with E-state index in [0.717, 1.165) is 42.5 Å². The van der Waals surface area contributed by atoms with E-state index in [1.165, 1.54) is 0 Å². The van der Waals surface area contributed by atoms with Gasteiger partial charge in [0.1, 0.15) is 0 Å². The number of imidazole rings is 1. The second-order valence-electron chi connectivity index (χ2n) is 8.45. The minimum absolute atomic E-state index is 0.0607. The molecule has 0 spiro atoms. The Bertz CT molecular complexity index is 1100. The standard InChI is InChI=1S/C23H29N5O3/c1-4-17-12-18(31-26-17)13-24-22(30)23(3)9-6-10-28(14-23)21(29)16-7-8-20-19(11-16)25-15-27(20)5-2/h7-8,11-12,15H,4-6,9-10,13-14H2,1-3H3,(H,24,30)/t23-/m0/s1. The Hall–Kier alpha value is -3.16. The van der Waals surface area contributed by atoms with Crippen LogP contribution < -0.4 is 5.32 Å². The number of hydrogen-bond donors (Lipinski definition) is 1. The molecule has 3 aromatic rings. The minimum Gasteiger partial charge on any atom is -0.359 e. The first-order chi connectivity index (χ1) is 14.9. The van der Waals surface area contributed by atoms with Crippen molar-refractivity contribution in [3.05, 3.63) is 47.6 Å². The van der Waals surface area contributed by atoms with Crippen molar-refractivity contribution in [1.29, 1.82) is 0 Å². The summed E-state index contributed by atoms with van der Waals surface area (Å²) in [7, 11) is 0. The molecule has 8 heteroatoms. The third-order valence-corrected chi connectivity index (χ3v) is 6.13. The SMILES string of the molecule is CCc1cc(CNC(=O)[C@@]2(C)CCCN(C(=O)c3ccc4c(c3)ncn4CC)C2)on1. The predicted octanol–water partition coefficient (Wildman–Crippen LogP) is 3.17. The van der Waals surface area contributed by atoms with Crippen molar-refractivity contribution in [3.63, 3.8) is 0 Å². The van der Waals surface area contributed by atoms with Crippen LogP contribution in [0.2, 0.25) is 0 Å². The predicted molar refractivity (Wildman–Crippen MR) is 116 cm³/mol. The van der Waals surface area contributed by atoms with Crippen LogP contribution >= 0.6 is 0 Å². The van der Waals surface area contributed by atoms with Crippen molar-refractivity contribution in [2.75, 3.05) is 13.1 Å². The average Bonchev–Trinajstić information content (AvgIpc) is 3.42. The maximum atomic E-state index is 13.2. The maximum absolute atomic E-state index is 13.2. The Labute approximate surface area is 181 Å². The number of benzene rings is 1. The summed E-state index contributed by atoms with van der Waals surface area (Å²) < 4.78 is 7.30. The van der Waals surface area contributed by atoms with E-state index in [1.807, 2.05) is 42.7 Å². The van der Waals surface area contributed by atoms with Crippen molar-refractivity contribution in [3.8, 4) is 0 Å². The van der Waals surface area contributed by atoms with Gasteiger partial charge < -0.3 is 19.3 Å². The highest BCUT2D eigenvalue weighted by atomic mass is 16.5. The summed E-state index contributed by atoms with van der Waals surface area (Å²) in [6.45, 7) is 8.14. The number of hydrogen-bond acceptors (Lipinski definition) is 5. The lowest BCUT2D eigenvalue weighted by molar-refractivity contribution is -0.132. The number of nitrogens with one attached hydrogen (secondary N) is 1. The van der Waals surface area contributed by atoms with Crippen LogP contribution in [0, 0.1) is 5.41 Å². The third-order valence-electron chi connectivity index (χ3n) is 6.13. The lowest BCUT2D eigenvalue weighted by atomic mass is 9.80. The summed E-state index contributed by atoms with van der Waals surface area (Å²) >= 11 is 0. The maximum Gasteiger partial charge on any atom is 0.253 e. The van der Waals surface area contributed by atoms with E-state index in [1.54, 1.807) is 11.2 Å². The summed E-state index contributed by atoms with van der Waals surface area (Å²) in [4.78, 5) is 32.3. The molecule has 1 N–H and O–H groups in total. The van der Waals surface area contributed by atoms with E-state index >= 15 is 0 Å². The second kappa shape index (κ2) is 8.53. The number of likely N-dealkylation sites (tertiary alicyclic amines) is 1. The van der Waals surface area contributed by atoms with Gasteiger partial charge in [-0.05, 0) is 51.3 Å². The zero-order chi connectivity index (χ0) is 22.0. The molecule has 0 saturated carbocycles. The van der Waals surface area contributed by atoms with Gasteiger partial charge in [0.25, 0.3) is 5.91 Å². The van der Waals surface area contributed by atoms with Crippen molar-refractivity contribution < 1.29 is 14.1 Å². The van der Waals surface area contributed by atoms with Gasteiger partial charge in [-0.3, -0.25) is 9.59 Å². The van der Waals surface area contributed by atoms with E-state index < -0.39 is 5.41 Å². The molecule has 2 aromatic heterocycles. The van der Waals surface area contributed by atoms with E-state index in [9.17, 15) is 9.59 Å². The van der Waals surface area contributed by atoms with Gasteiger partial charge in [0.15, 0.2) is 5.76 Å². The van der Waals surface area contributed by atoms with Crippen LogP contribution in [0.4, 0.5) is 0 Å². The fourth-order valence-corrected chi connectivity index (χ4v) is 4.22. The van der Waals surface area contributed by atoms with Gasteiger partial charge in [0, 0.05) is 31.3 Å². The number of aryl methyl sites for hydroxylation is 2. The largest absolute Gasteiger partial charge is 0.359 e. The topological polar surface area (TPSA) is 93.3 Å². The molecule has 3 heterocycles. The summed E-state index contributed by atoms with van der Waals surface area (Å²) in [6.07, 6.45) is 4.10. The summed E-state index contributed by atoms with van der Waals surface area (Å²) in [5, 5.41) is 6.91. The van der Waals surface area contributed by atoms with Crippen LogP contribution in [0.1, 0.15) is 55.4 Å². The van der Waals surface area contributed by atoms with Gasteiger partial charge >= 0.3 is 0 Å². The van der Waals surface area contributed by atoms with Crippen LogP contribution in [-0.2, 0) is 24.3 Å². The highest BCUT2D eigenvalue weighted by Crippen LogP contribution is 2.31. The number of rotatable bonds is 6. The van der Waals surface area contributed by atoms with Crippen LogP contribution in [0.15, 0.2) is 35.1 Å². The number of nitrogens with zero attached hydrogens (tertiary/aromatic N) is 4. The molecular formula is C23H29N5O3. The van der Waals surface area contributed by atoms with E-state index in [2.05, 4.69) is 22.4 Å². The number of carbonyl (C=O) groups excluding carboxylic acids is 2. The molecule has 1 aliphatic heterocycles. The Balaban J connectivity index is 1.44. The molecule has 31 heavy (non-hydrogen) atoms. The number of fused-ring (bicyclic) bond motifs is 1. The molecule has 1 aliphatic rings. The molecule has 0 aliphatic carbocycles. The zero-order valence-corrected chi connectivity index (χ0v) is 18.4. The molecule has 1 saturated heterocycles. The molecule has 1 fully saturated rings. The highest BCUT2D eigenvalue weighted by Gasteiger charge is 2.39. The molecule has 0 unspecified atom stereocenters. The average molecular weight is 424 g/mol. The number of carbonyl (C=O) groups is 2. The van der Waals surface area contributed by atoms with Crippen LogP contribution in [-0.4, -0.2) is 44.5 Å². The summed E-state index contributed by atoms with van der Waals surface area (Å²) in [5.41, 5.74) is 2.65. The first-order valence-corrected chi connectivity index (χ1v) is 10.9. The molecule has 1 atom stereocenters. The fourth-order valence-electron chi connectivity index (χ4n) is 4.22. The molecule has 0 bridgehead atoms. The van der Waals surface area contributed by atoms with Crippen LogP contribution in [0.5, 0.6) is 0 Å². The number of aromatic nitrogens is 3. The van der Waals surface area contributed by atoms with E-state index in [0.29, 0.717) is 31.0 Å². The molecule has 164 valence electrons. The van der Waals surface area contributed by atoms with Crippen molar-refractivity contribution in [2.45, 2.75) is 53.1 Å². The third kappa shape index (κ3) is 4.19. The second-order valence-corrected chi connectivity index (χ2v) is 8.45. The zero-order valence-electron chi connectivity index (χ0n) is 18.4. The summed E-state index contributed by atoms with van der Waals surface area (Å²) in [5.74, 6) is 0.503. The quantitative estimate of drug-likeness (QED) is 0.657. The smallest absolute Gasteiger partial charge is 0.253 e. The fraction of sp³-hybridized carbons (Fsp3) is 0.478. The lowest BCUT2D eigenvalue weighted by Crippen LogP contribution is -2.51. The Morgan fingerprint density at radius 3 is 2.84 bits per heavy atom. The molecule has 4 rings (SSSR count). The molecular weight excluding hydrogens is 394 g/mol. The van der Waals surface area contributed by atoms with Gasteiger partial charge in [-0.1, -0.05) is 12.1 Å². The molecule has 1 aromatic carbocycles. The van der Waals surface area contributed by atoms with Gasteiger partial charge in [0.2, 0.25) is 5.91 Å². The van der Waals surface area contributed by atoms with Gasteiger partial charge in [-0.15, -0.1) is 0 Å². The first kappa shape index (κ1) is 21.1. The Morgan fingerprint density at radius 2 is 2.10 bits per heavy atom. The van der Waals surface area contributed by atoms with Gasteiger partial charge in [-0.25, -0.2) is 4.98 Å². The van der Waals surface area contributed by atoms with Crippen LogP contribution in [0.3, 0.4) is 0 Å². The van der Waals surface area contributed by atoms with Crippen molar-refractivity contribution in [2.24, 2.45) is 5.41 Å². The number of piperidine rings is 1. The normalized spacial score (nSPS) is 19.0. The van der Waals surface area contributed by atoms with Gasteiger partial charge in [0.05, 0.1) is 35.0 Å². The monoisotopic (exact) mass is 423 g/mol. The van der Waals surface area contributed by atoms with Gasteiger partial charge in [-0.2, -0.15) is 0 Å². The van der Waals surface area contributed by atoms with E-state index in [-0.39, 0.29) is 11.8 Å². The molecule has 0 radical (unpaired) electrons. The first-order valence-electron chi connectivity index (χ1n) is 10.9. The Morgan fingerprint density at radius 1 is 1.26 bits per heavy atom. The lowest BCUT2D eigenvalue weighted by Gasteiger charge is -2.39. The number of amides is 2. The van der Waals surface area contributed by atoms with Crippen molar-refractivity contribution >= 4 is 22.8 Å². The van der Waals surface area contributed by atoms with Crippen molar-refractivity contribution in [1.82, 2.24) is 24.9 Å². The summed E-state index contributed by atoms with van der Waals surface area (Å²) in [6, 6.07) is 7.48. The molecule has 8 nitrogen and oxygen atoms in total. The minimum atomic E-state index is -0.643. The highest BCUT2D eigenvalue weighted by molar-refractivity contribution is 5.98. The molecule has 2 amide bonds. The Kier molecular flexibility index (Phi) is 5.80. The van der Waals surface area contributed by atoms with Crippen LogP contribution in [0.25, 0.3) is 11.0 Å².